The fraction of sp³-hybridized carbons (Fsp3) is 0.682. The van der Waals surface area contributed by atoms with Crippen LogP contribution in [0.15, 0.2) is 24.3 Å². The third-order valence-corrected chi connectivity index (χ3v) is 6.90. The molecule has 1 aliphatic heterocycles. The maximum atomic E-state index is 13.2. The molecule has 3 aliphatic rings. The van der Waals surface area contributed by atoms with Gasteiger partial charge in [-0.3, -0.25) is 4.79 Å². The zero-order chi connectivity index (χ0) is 17.2. The number of ether oxygens (including phenoxy) is 1. The zero-order valence-electron chi connectivity index (χ0n) is 15.5. The molecule has 0 spiro atoms. The summed E-state index contributed by atoms with van der Waals surface area (Å²) in [6.45, 7) is 0.927. The Morgan fingerprint density at radius 2 is 1.92 bits per heavy atom. The van der Waals surface area contributed by atoms with E-state index in [1.54, 1.807) is 7.11 Å². The number of hydrogen-bond donors (Lipinski definition) is 0. The van der Waals surface area contributed by atoms with Crippen molar-refractivity contribution in [1.29, 1.82) is 0 Å². The van der Waals surface area contributed by atoms with Crippen molar-refractivity contribution >= 4 is 5.91 Å². The van der Waals surface area contributed by atoms with E-state index in [0.29, 0.717) is 11.8 Å². The molecule has 1 aromatic carbocycles. The number of methoxy groups -OCH3 is 1. The summed E-state index contributed by atoms with van der Waals surface area (Å²) in [5, 5.41) is 0. The van der Waals surface area contributed by atoms with Crippen LogP contribution in [0.2, 0.25) is 0 Å². The molecule has 0 radical (unpaired) electrons. The van der Waals surface area contributed by atoms with Gasteiger partial charge in [-0.2, -0.15) is 0 Å². The van der Waals surface area contributed by atoms with Crippen LogP contribution in [0.25, 0.3) is 0 Å². The Hall–Kier alpha value is -1.51. The molecule has 2 saturated carbocycles. The summed E-state index contributed by atoms with van der Waals surface area (Å²) < 4.78 is 5.29. The lowest BCUT2D eigenvalue weighted by Gasteiger charge is -2.32. The molecule has 0 aromatic heterocycles. The summed E-state index contributed by atoms with van der Waals surface area (Å²) in [4.78, 5) is 15.4. The Kier molecular flexibility index (Phi) is 5.00. The van der Waals surface area contributed by atoms with E-state index in [0.717, 1.165) is 43.4 Å². The molecule has 136 valence electrons. The molecule has 1 heterocycles. The topological polar surface area (TPSA) is 29.5 Å². The van der Waals surface area contributed by atoms with E-state index in [1.807, 2.05) is 12.1 Å². The van der Waals surface area contributed by atoms with Crippen molar-refractivity contribution in [3.8, 4) is 5.75 Å². The number of amides is 1. The van der Waals surface area contributed by atoms with Crippen LogP contribution in [0.5, 0.6) is 5.75 Å². The first-order chi connectivity index (χ1) is 12.2. The summed E-state index contributed by atoms with van der Waals surface area (Å²) in [5.41, 5.74) is 1.27. The smallest absolute Gasteiger partial charge is 0.223 e. The molecular formula is C22H31NO2. The number of carbonyl (C=O) groups is 1. The van der Waals surface area contributed by atoms with Crippen LogP contribution in [0.4, 0.5) is 0 Å². The molecule has 1 saturated heterocycles. The molecule has 4 atom stereocenters. The van der Waals surface area contributed by atoms with Gasteiger partial charge in [0.2, 0.25) is 5.91 Å². The predicted octanol–water partition coefficient (Wildman–Crippen LogP) is 4.97. The van der Waals surface area contributed by atoms with Crippen LogP contribution >= 0.6 is 0 Å². The molecule has 3 nitrogen and oxygen atoms in total. The van der Waals surface area contributed by atoms with Crippen molar-refractivity contribution < 1.29 is 9.53 Å². The van der Waals surface area contributed by atoms with Crippen molar-refractivity contribution in [3.05, 3.63) is 29.8 Å². The van der Waals surface area contributed by atoms with Crippen LogP contribution in [-0.2, 0) is 4.79 Å². The van der Waals surface area contributed by atoms with Gasteiger partial charge in [-0.1, -0.05) is 31.4 Å². The minimum Gasteiger partial charge on any atom is -0.497 e. The Morgan fingerprint density at radius 1 is 1.08 bits per heavy atom. The third-order valence-electron chi connectivity index (χ3n) is 6.90. The fourth-order valence-electron chi connectivity index (χ4n) is 5.55. The Labute approximate surface area is 151 Å². The molecule has 0 N–H and O–H groups in total. The van der Waals surface area contributed by atoms with Crippen molar-refractivity contribution in [2.24, 2.45) is 17.8 Å². The second kappa shape index (κ2) is 7.39. The summed E-state index contributed by atoms with van der Waals surface area (Å²) in [5.74, 6) is 3.70. The predicted molar refractivity (Wildman–Crippen MR) is 99.5 cm³/mol. The van der Waals surface area contributed by atoms with E-state index in [4.69, 9.17) is 4.74 Å². The lowest BCUT2D eigenvalue weighted by Crippen LogP contribution is -2.36. The van der Waals surface area contributed by atoms with Gasteiger partial charge in [-0.25, -0.2) is 0 Å². The lowest BCUT2D eigenvalue weighted by atomic mass is 9.86. The highest BCUT2D eigenvalue weighted by molar-refractivity contribution is 5.77. The van der Waals surface area contributed by atoms with E-state index in [1.165, 1.54) is 44.1 Å². The molecule has 2 bridgehead atoms. The first kappa shape index (κ1) is 16.9. The van der Waals surface area contributed by atoms with E-state index in [9.17, 15) is 4.79 Å². The molecule has 1 aromatic rings. The van der Waals surface area contributed by atoms with Gasteiger partial charge in [-0.05, 0) is 67.6 Å². The van der Waals surface area contributed by atoms with Gasteiger partial charge in [0.05, 0.1) is 13.2 Å². The summed E-state index contributed by atoms with van der Waals surface area (Å²) in [6, 6.07) is 8.59. The Bertz CT molecular complexity index is 597. The fourth-order valence-corrected chi connectivity index (χ4v) is 5.55. The average molecular weight is 341 g/mol. The highest BCUT2D eigenvalue weighted by Gasteiger charge is 2.41. The molecule has 2 aliphatic carbocycles. The number of rotatable bonds is 4. The number of likely N-dealkylation sites (tertiary alicyclic amines) is 1. The quantitative estimate of drug-likeness (QED) is 0.774. The maximum Gasteiger partial charge on any atom is 0.223 e. The normalized spacial score (nSPS) is 31.8. The Morgan fingerprint density at radius 3 is 2.60 bits per heavy atom. The average Bonchev–Trinajstić information content (AvgIpc) is 3.16. The van der Waals surface area contributed by atoms with E-state index in [-0.39, 0.29) is 6.04 Å². The van der Waals surface area contributed by atoms with Gasteiger partial charge in [0, 0.05) is 13.0 Å². The van der Waals surface area contributed by atoms with Crippen molar-refractivity contribution in [2.75, 3.05) is 13.7 Å². The number of carbonyl (C=O) groups excluding carboxylic acids is 1. The molecule has 25 heavy (non-hydrogen) atoms. The van der Waals surface area contributed by atoms with Crippen LogP contribution in [0.3, 0.4) is 0 Å². The number of fused-ring (bicyclic) bond motifs is 2. The third kappa shape index (κ3) is 3.56. The lowest BCUT2D eigenvalue weighted by molar-refractivity contribution is -0.135. The molecule has 1 amide bonds. The molecular weight excluding hydrogens is 310 g/mol. The van der Waals surface area contributed by atoms with E-state index >= 15 is 0 Å². The summed E-state index contributed by atoms with van der Waals surface area (Å²) in [6.07, 6.45) is 11.0. The monoisotopic (exact) mass is 341 g/mol. The maximum absolute atomic E-state index is 13.2. The highest BCUT2D eigenvalue weighted by Crippen LogP contribution is 2.50. The van der Waals surface area contributed by atoms with Crippen molar-refractivity contribution in [1.82, 2.24) is 4.90 Å². The van der Waals surface area contributed by atoms with Gasteiger partial charge < -0.3 is 9.64 Å². The second-order valence-electron chi connectivity index (χ2n) is 8.36. The highest BCUT2D eigenvalue weighted by atomic mass is 16.5. The van der Waals surface area contributed by atoms with Gasteiger partial charge in [0.25, 0.3) is 0 Å². The first-order valence-electron chi connectivity index (χ1n) is 10.2. The van der Waals surface area contributed by atoms with Crippen LogP contribution in [0, 0.1) is 17.8 Å². The zero-order valence-corrected chi connectivity index (χ0v) is 15.5. The number of nitrogens with zero attached hydrogens (tertiary/aromatic N) is 1. The van der Waals surface area contributed by atoms with E-state index in [2.05, 4.69) is 17.0 Å². The van der Waals surface area contributed by atoms with Gasteiger partial charge >= 0.3 is 0 Å². The van der Waals surface area contributed by atoms with Crippen molar-refractivity contribution in [3.63, 3.8) is 0 Å². The largest absolute Gasteiger partial charge is 0.497 e. The van der Waals surface area contributed by atoms with Crippen molar-refractivity contribution in [2.45, 2.75) is 63.8 Å². The molecule has 4 rings (SSSR count). The minimum atomic E-state index is 0.250. The van der Waals surface area contributed by atoms with Gasteiger partial charge in [0.1, 0.15) is 5.75 Å². The minimum absolute atomic E-state index is 0.250. The van der Waals surface area contributed by atoms with Gasteiger partial charge in [0.15, 0.2) is 0 Å². The standard InChI is InChI=1S/C22H31NO2/c1-25-20-10-8-17(9-11-20)21-5-3-2-4-12-23(21)22(24)15-19-14-16-6-7-18(19)13-16/h8-11,16,18-19,21H,2-7,12-15H2,1H3. The Balaban J connectivity index is 1.48. The molecule has 3 fully saturated rings. The first-order valence-corrected chi connectivity index (χ1v) is 10.2. The number of hydrogen-bond acceptors (Lipinski definition) is 2. The van der Waals surface area contributed by atoms with Crippen LogP contribution in [-0.4, -0.2) is 24.5 Å². The van der Waals surface area contributed by atoms with E-state index < -0.39 is 0 Å². The SMILES string of the molecule is COc1ccc(C2CCCCCN2C(=O)CC2CC3CCC2C3)cc1. The number of benzene rings is 1. The van der Waals surface area contributed by atoms with Crippen LogP contribution < -0.4 is 4.74 Å². The van der Waals surface area contributed by atoms with Crippen LogP contribution in [0.1, 0.15) is 69.4 Å². The molecule has 3 heteroatoms. The molecule has 4 unspecified atom stereocenters. The second-order valence-corrected chi connectivity index (χ2v) is 8.36. The van der Waals surface area contributed by atoms with Gasteiger partial charge in [-0.15, -0.1) is 0 Å². The summed E-state index contributed by atoms with van der Waals surface area (Å²) in [7, 11) is 1.70. The summed E-state index contributed by atoms with van der Waals surface area (Å²) >= 11 is 0.